The predicted octanol–water partition coefficient (Wildman–Crippen LogP) is 5.92. The molecule has 0 bridgehead atoms. The van der Waals surface area contributed by atoms with Crippen molar-refractivity contribution in [3.8, 4) is 5.75 Å². The van der Waals surface area contributed by atoms with Crippen molar-refractivity contribution in [1.82, 2.24) is 0 Å². The highest BCUT2D eigenvalue weighted by atomic mass is 32.2. The van der Waals surface area contributed by atoms with Gasteiger partial charge in [-0.2, -0.15) is 0 Å². The second kappa shape index (κ2) is 7.21. The fourth-order valence-electron chi connectivity index (χ4n) is 2.50. The van der Waals surface area contributed by atoms with E-state index in [-0.39, 0.29) is 5.97 Å². The van der Waals surface area contributed by atoms with E-state index in [9.17, 15) is 4.79 Å². The van der Waals surface area contributed by atoms with Crippen molar-refractivity contribution >= 4 is 35.6 Å². The highest BCUT2D eigenvalue weighted by Gasteiger charge is 2.18. The third-order valence-corrected chi connectivity index (χ3v) is 6.28. The van der Waals surface area contributed by atoms with Gasteiger partial charge in [-0.25, -0.2) is 4.79 Å². The zero-order chi connectivity index (χ0) is 17.1. The quantitative estimate of drug-likeness (QED) is 0.257. The summed E-state index contributed by atoms with van der Waals surface area (Å²) in [5.74, 6) is 0.170. The molecule has 0 atom stereocenters. The second-order valence-electron chi connectivity index (χ2n) is 5.39. The van der Waals surface area contributed by atoms with E-state index in [1.807, 2.05) is 42.5 Å². The minimum absolute atomic E-state index is 0.377. The summed E-state index contributed by atoms with van der Waals surface area (Å²) in [5.41, 5.74) is 1.02. The first kappa shape index (κ1) is 16.1. The zero-order valence-electron chi connectivity index (χ0n) is 13.2. The number of hydrogen-bond donors (Lipinski definition) is 0. The lowest BCUT2D eigenvalue weighted by molar-refractivity contribution is -0.128. The Kier molecular flexibility index (Phi) is 4.63. The molecular formula is C21H14O2S2. The Morgan fingerprint density at radius 1 is 0.760 bits per heavy atom. The van der Waals surface area contributed by atoms with E-state index < -0.39 is 0 Å². The van der Waals surface area contributed by atoms with Gasteiger partial charge >= 0.3 is 5.97 Å². The van der Waals surface area contributed by atoms with Crippen LogP contribution in [-0.2, 0) is 4.79 Å². The van der Waals surface area contributed by atoms with Gasteiger partial charge < -0.3 is 4.74 Å². The molecule has 0 saturated carbocycles. The van der Waals surface area contributed by atoms with Crippen molar-refractivity contribution in [3.05, 3.63) is 84.4 Å². The first-order chi connectivity index (χ1) is 12.3. The molecule has 1 aliphatic heterocycles. The molecular weight excluding hydrogens is 348 g/mol. The smallest absolute Gasteiger partial charge is 0.336 e. The summed E-state index contributed by atoms with van der Waals surface area (Å²) in [4.78, 5) is 16.9. The number of hydrogen-bond acceptors (Lipinski definition) is 4. The Bertz CT molecular complexity index is 949. The van der Waals surface area contributed by atoms with Gasteiger partial charge in [0.05, 0.1) is 0 Å². The second-order valence-corrected chi connectivity index (χ2v) is 7.53. The average molecular weight is 362 g/mol. The Morgan fingerprint density at radius 2 is 1.44 bits per heavy atom. The van der Waals surface area contributed by atoms with E-state index in [0.29, 0.717) is 5.75 Å². The molecule has 2 nitrogen and oxygen atoms in total. The Balaban J connectivity index is 1.55. The molecule has 0 unspecified atom stereocenters. The number of benzene rings is 3. The van der Waals surface area contributed by atoms with Gasteiger partial charge in [0.2, 0.25) is 0 Å². The summed E-state index contributed by atoms with van der Waals surface area (Å²) in [7, 11) is 0. The van der Waals surface area contributed by atoms with E-state index in [2.05, 4.69) is 24.3 Å². The predicted molar refractivity (Wildman–Crippen MR) is 102 cm³/mol. The van der Waals surface area contributed by atoms with Crippen LogP contribution < -0.4 is 4.74 Å². The van der Waals surface area contributed by atoms with Gasteiger partial charge in [0.15, 0.2) is 0 Å². The van der Waals surface area contributed by atoms with Crippen molar-refractivity contribution in [2.45, 2.75) is 19.6 Å². The highest BCUT2D eigenvalue weighted by Crippen LogP contribution is 2.49. The SMILES string of the molecule is O=C(C=Cc1cccc2c1Sc1ccccc1S2)Oc1ccccc1. The van der Waals surface area contributed by atoms with Gasteiger partial charge in [0, 0.05) is 25.7 Å². The summed E-state index contributed by atoms with van der Waals surface area (Å²) in [6.07, 6.45) is 3.31. The van der Waals surface area contributed by atoms with Crippen LogP contribution in [0.3, 0.4) is 0 Å². The first-order valence-electron chi connectivity index (χ1n) is 7.82. The van der Waals surface area contributed by atoms with Gasteiger partial charge in [0.25, 0.3) is 0 Å². The number of carbonyl (C=O) groups is 1. The Hall–Kier alpha value is -2.43. The largest absolute Gasteiger partial charge is 0.423 e. The zero-order valence-corrected chi connectivity index (χ0v) is 14.8. The summed E-state index contributed by atoms with van der Waals surface area (Å²) < 4.78 is 5.30. The minimum Gasteiger partial charge on any atom is -0.423 e. The standard InChI is InChI=1S/C21H14O2S2/c22-20(23-16-8-2-1-3-9-16)14-13-15-7-6-12-19-21(15)25-18-11-5-4-10-17(18)24-19/h1-14H. The van der Waals surface area contributed by atoms with Crippen molar-refractivity contribution in [2.24, 2.45) is 0 Å². The van der Waals surface area contributed by atoms with Gasteiger partial charge in [-0.3, -0.25) is 0 Å². The van der Waals surface area contributed by atoms with E-state index in [0.717, 1.165) is 5.56 Å². The van der Waals surface area contributed by atoms with Crippen molar-refractivity contribution in [2.75, 3.05) is 0 Å². The molecule has 3 aromatic carbocycles. The number of ether oxygens (including phenoxy) is 1. The topological polar surface area (TPSA) is 26.3 Å². The molecule has 0 N–H and O–H groups in total. The average Bonchev–Trinajstić information content (AvgIpc) is 2.65. The van der Waals surface area contributed by atoms with Crippen LogP contribution in [0, 0.1) is 0 Å². The van der Waals surface area contributed by atoms with Crippen LogP contribution in [0.4, 0.5) is 0 Å². The lowest BCUT2D eigenvalue weighted by atomic mass is 10.2. The van der Waals surface area contributed by atoms with E-state index in [1.165, 1.54) is 25.7 Å². The van der Waals surface area contributed by atoms with Crippen LogP contribution in [0.5, 0.6) is 5.75 Å². The number of fused-ring (bicyclic) bond motifs is 2. The lowest BCUT2D eigenvalue weighted by Crippen LogP contribution is -2.03. The summed E-state index contributed by atoms with van der Waals surface area (Å²) in [6, 6.07) is 23.6. The van der Waals surface area contributed by atoms with Crippen molar-refractivity contribution in [1.29, 1.82) is 0 Å². The minimum atomic E-state index is -0.377. The maximum absolute atomic E-state index is 12.0. The maximum atomic E-state index is 12.0. The summed E-state index contributed by atoms with van der Waals surface area (Å²) in [6.45, 7) is 0. The summed E-state index contributed by atoms with van der Waals surface area (Å²) in [5, 5.41) is 0. The highest BCUT2D eigenvalue weighted by molar-refractivity contribution is 8.05. The molecule has 0 saturated heterocycles. The van der Waals surface area contributed by atoms with Gasteiger partial charge in [-0.15, -0.1) is 0 Å². The molecule has 122 valence electrons. The molecule has 0 radical (unpaired) electrons. The van der Waals surface area contributed by atoms with E-state index >= 15 is 0 Å². The molecule has 1 heterocycles. The molecule has 0 amide bonds. The molecule has 1 aliphatic rings. The molecule has 0 fully saturated rings. The number of rotatable bonds is 3. The van der Waals surface area contributed by atoms with Gasteiger partial charge in [0.1, 0.15) is 5.75 Å². The lowest BCUT2D eigenvalue weighted by Gasteiger charge is -2.19. The fourth-order valence-corrected chi connectivity index (χ4v) is 4.86. The first-order valence-corrected chi connectivity index (χ1v) is 9.45. The van der Waals surface area contributed by atoms with E-state index in [1.54, 1.807) is 35.7 Å². The van der Waals surface area contributed by atoms with E-state index in [4.69, 9.17) is 4.74 Å². The Morgan fingerprint density at radius 3 is 2.24 bits per heavy atom. The number of carbonyl (C=O) groups excluding carboxylic acids is 1. The fraction of sp³-hybridized carbons (Fsp3) is 0. The van der Waals surface area contributed by atoms with Crippen LogP contribution >= 0.6 is 23.5 Å². The van der Waals surface area contributed by atoms with Crippen LogP contribution in [0.2, 0.25) is 0 Å². The maximum Gasteiger partial charge on any atom is 0.336 e. The number of para-hydroxylation sites is 1. The van der Waals surface area contributed by atoms with Crippen molar-refractivity contribution in [3.63, 3.8) is 0 Å². The molecule has 0 aromatic heterocycles. The molecule has 3 aromatic rings. The molecule has 25 heavy (non-hydrogen) atoms. The van der Waals surface area contributed by atoms with Crippen LogP contribution in [0.15, 0.2) is 98.5 Å². The van der Waals surface area contributed by atoms with Crippen molar-refractivity contribution < 1.29 is 9.53 Å². The molecule has 4 rings (SSSR count). The monoisotopic (exact) mass is 362 g/mol. The normalized spacial score (nSPS) is 12.5. The molecule has 4 heteroatoms. The van der Waals surface area contributed by atoms with Gasteiger partial charge in [-0.1, -0.05) is 66.0 Å². The van der Waals surface area contributed by atoms with Crippen LogP contribution in [0.25, 0.3) is 6.08 Å². The summed E-state index contributed by atoms with van der Waals surface area (Å²) >= 11 is 3.50. The number of esters is 1. The van der Waals surface area contributed by atoms with Crippen LogP contribution in [0.1, 0.15) is 5.56 Å². The molecule has 0 spiro atoms. The molecule has 0 aliphatic carbocycles. The Labute approximate surface area is 154 Å². The third-order valence-electron chi connectivity index (χ3n) is 3.65. The third kappa shape index (κ3) is 3.65. The van der Waals surface area contributed by atoms with Gasteiger partial charge in [-0.05, 0) is 42.0 Å². The van der Waals surface area contributed by atoms with Crippen LogP contribution in [-0.4, -0.2) is 5.97 Å².